The summed E-state index contributed by atoms with van der Waals surface area (Å²) in [4.78, 5) is 0. The van der Waals surface area contributed by atoms with E-state index in [9.17, 15) is 0 Å². The molecule has 1 nitrogen and oxygen atoms in total. The molecule has 0 radical (unpaired) electrons. The van der Waals surface area contributed by atoms with Crippen molar-refractivity contribution in [2.24, 2.45) is 11.8 Å². The average Bonchev–Trinajstić information content (AvgIpc) is 2.90. The molecule has 0 N–H and O–H groups in total. The van der Waals surface area contributed by atoms with Crippen LogP contribution in [0.4, 0.5) is 0 Å². The van der Waals surface area contributed by atoms with Gasteiger partial charge in [0.1, 0.15) is 0 Å². The molecule has 1 rings (SSSR count). The second-order valence-corrected chi connectivity index (χ2v) is 12.1. The maximum Gasteiger partial charge on any atom is 0.0947 e. The zero-order chi connectivity index (χ0) is 25.9. The molecular formula is C35H68O. The number of hydrogen-bond donors (Lipinski definition) is 0. The number of ether oxygens (including phenoxy) is 1. The van der Waals surface area contributed by atoms with Crippen molar-refractivity contribution < 1.29 is 4.74 Å². The van der Waals surface area contributed by atoms with E-state index in [0.717, 1.165) is 12.5 Å². The van der Waals surface area contributed by atoms with E-state index >= 15 is 0 Å². The zero-order valence-corrected chi connectivity index (χ0v) is 25.4. The molecule has 1 aliphatic carbocycles. The lowest BCUT2D eigenvalue weighted by Gasteiger charge is -2.30. The standard InChI is InChI=1S/C35H68O/c1-4-7-9-11-13-14-15-16-17-18-19-20-21-22-23-25-27-33-28-30-34(31-29-33)35(6-3)36-32-26-24-12-10-8-5-2/h6,33-34H,4-5,7-32H2,1-3H3/b35-6-. The fraction of sp³-hybridized carbons (Fsp3) is 0.943. The van der Waals surface area contributed by atoms with Gasteiger partial charge in [-0.15, -0.1) is 0 Å². The van der Waals surface area contributed by atoms with Gasteiger partial charge in [0.2, 0.25) is 0 Å². The Kier molecular flexibility index (Phi) is 24.4. The third-order valence-electron chi connectivity index (χ3n) is 8.77. The molecule has 0 atom stereocenters. The Bertz CT molecular complexity index is 459. The second kappa shape index (κ2) is 26.2. The molecular weight excluding hydrogens is 436 g/mol. The fourth-order valence-corrected chi connectivity index (χ4v) is 6.23. The van der Waals surface area contributed by atoms with Crippen molar-refractivity contribution in [1.29, 1.82) is 0 Å². The van der Waals surface area contributed by atoms with Crippen LogP contribution in [0.1, 0.15) is 194 Å². The Hall–Kier alpha value is -0.460. The van der Waals surface area contributed by atoms with E-state index in [1.165, 1.54) is 179 Å². The van der Waals surface area contributed by atoms with Gasteiger partial charge in [0.15, 0.2) is 0 Å². The first-order valence-corrected chi connectivity index (χ1v) is 17.1. The van der Waals surface area contributed by atoms with Gasteiger partial charge in [-0.05, 0) is 51.0 Å². The third kappa shape index (κ3) is 19.6. The highest BCUT2D eigenvalue weighted by molar-refractivity contribution is 4.99. The summed E-state index contributed by atoms with van der Waals surface area (Å²) in [6.07, 6.45) is 40.9. The van der Waals surface area contributed by atoms with Crippen molar-refractivity contribution >= 4 is 0 Å². The first-order chi connectivity index (χ1) is 17.8. The SMILES string of the molecule is C/C=C(\OCCCCCCCC)C1CCC(CCCCCCCCCCCCCCCCCC)CC1. The van der Waals surface area contributed by atoms with E-state index in [1.807, 2.05) is 0 Å². The molecule has 0 aromatic heterocycles. The maximum atomic E-state index is 6.23. The Morgan fingerprint density at radius 2 is 0.917 bits per heavy atom. The van der Waals surface area contributed by atoms with E-state index in [4.69, 9.17) is 4.74 Å². The van der Waals surface area contributed by atoms with Crippen molar-refractivity contribution in [1.82, 2.24) is 0 Å². The van der Waals surface area contributed by atoms with Gasteiger partial charge in [-0.2, -0.15) is 0 Å². The Morgan fingerprint density at radius 1 is 0.528 bits per heavy atom. The van der Waals surface area contributed by atoms with Crippen molar-refractivity contribution in [3.8, 4) is 0 Å². The van der Waals surface area contributed by atoms with Crippen LogP contribution in [0.3, 0.4) is 0 Å². The molecule has 0 aliphatic heterocycles. The zero-order valence-electron chi connectivity index (χ0n) is 25.4. The predicted octanol–water partition coefficient (Wildman–Crippen LogP) is 12.7. The Balaban J connectivity index is 1.87. The summed E-state index contributed by atoms with van der Waals surface area (Å²) in [6.45, 7) is 7.71. The molecule has 0 aromatic rings. The third-order valence-corrected chi connectivity index (χ3v) is 8.77. The normalized spacial score (nSPS) is 18.6. The van der Waals surface area contributed by atoms with Gasteiger partial charge in [-0.3, -0.25) is 0 Å². The number of rotatable bonds is 26. The highest BCUT2D eigenvalue weighted by Crippen LogP contribution is 2.36. The Morgan fingerprint density at radius 3 is 1.33 bits per heavy atom. The van der Waals surface area contributed by atoms with Crippen LogP contribution >= 0.6 is 0 Å². The molecule has 0 spiro atoms. The minimum Gasteiger partial charge on any atom is -0.498 e. The van der Waals surface area contributed by atoms with Crippen LogP contribution in [0.15, 0.2) is 11.8 Å². The molecule has 0 aromatic carbocycles. The summed E-state index contributed by atoms with van der Waals surface area (Å²) < 4.78 is 6.23. The van der Waals surface area contributed by atoms with Gasteiger partial charge in [-0.25, -0.2) is 0 Å². The van der Waals surface area contributed by atoms with Gasteiger partial charge in [0, 0.05) is 5.92 Å². The lowest BCUT2D eigenvalue weighted by Crippen LogP contribution is -2.18. The second-order valence-electron chi connectivity index (χ2n) is 12.1. The molecule has 1 fully saturated rings. The number of unbranched alkanes of at least 4 members (excludes halogenated alkanes) is 20. The monoisotopic (exact) mass is 505 g/mol. The molecule has 1 aliphatic rings. The molecule has 214 valence electrons. The largest absolute Gasteiger partial charge is 0.498 e. The highest BCUT2D eigenvalue weighted by Gasteiger charge is 2.24. The van der Waals surface area contributed by atoms with Crippen molar-refractivity contribution in [2.75, 3.05) is 6.61 Å². The van der Waals surface area contributed by atoms with Gasteiger partial charge >= 0.3 is 0 Å². The number of hydrogen-bond acceptors (Lipinski definition) is 1. The lowest BCUT2D eigenvalue weighted by molar-refractivity contribution is 0.143. The molecule has 1 saturated carbocycles. The van der Waals surface area contributed by atoms with E-state index in [2.05, 4.69) is 26.8 Å². The van der Waals surface area contributed by atoms with Crippen LogP contribution < -0.4 is 0 Å². The summed E-state index contributed by atoms with van der Waals surface area (Å²) in [7, 11) is 0. The van der Waals surface area contributed by atoms with Crippen molar-refractivity contribution in [2.45, 2.75) is 194 Å². The molecule has 0 saturated heterocycles. The predicted molar refractivity (Wildman–Crippen MR) is 163 cm³/mol. The molecule has 0 amide bonds. The van der Waals surface area contributed by atoms with Crippen molar-refractivity contribution in [3.05, 3.63) is 11.8 Å². The van der Waals surface area contributed by atoms with E-state index in [1.54, 1.807) is 0 Å². The minimum absolute atomic E-state index is 0.706. The van der Waals surface area contributed by atoms with Crippen LogP contribution in [-0.4, -0.2) is 6.61 Å². The molecule has 36 heavy (non-hydrogen) atoms. The summed E-state index contributed by atoms with van der Waals surface area (Å²) in [5, 5.41) is 0. The molecule has 0 heterocycles. The quantitative estimate of drug-likeness (QED) is 0.0840. The van der Waals surface area contributed by atoms with Crippen LogP contribution in [0.2, 0.25) is 0 Å². The van der Waals surface area contributed by atoms with Crippen LogP contribution in [0.25, 0.3) is 0 Å². The van der Waals surface area contributed by atoms with Gasteiger partial charge in [-0.1, -0.05) is 155 Å². The lowest BCUT2D eigenvalue weighted by atomic mass is 9.79. The molecule has 1 heteroatoms. The summed E-state index contributed by atoms with van der Waals surface area (Å²) >= 11 is 0. The first kappa shape index (κ1) is 33.6. The number of allylic oxidation sites excluding steroid dienone is 2. The van der Waals surface area contributed by atoms with Crippen LogP contribution in [0, 0.1) is 11.8 Å². The van der Waals surface area contributed by atoms with Gasteiger partial charge in [0.05, 0.1) is 12.4 Å². The highest BCUT2D eigenvalue weighted by atomic mass is 16.5. The summed E-state index contributed by atoms with van der Waals surface area (Å²) in [5.41, 5.74) is 0. The van der Waals surface area contributed by atoms with E-state index in [0.29, 0.717) is 5.92 Å². The smallest absolute Gasteiger partial charge is 0.0947 e. The molecule has 0 bridgehead atoms. The molecule has 0 unspecified atom stereocenters. The van der Waals surface area contributed by atoms with Crippen molar-refractivity contribution in [3.63, 3.8) is 0 Å². The maximum absolute atomic E-state index is 6.23. The topological polar surface area (TPSA) is 9.23 Å². The van der Waals surface area contributed by atoms with E-state index < -0.39 is 0 Å². The average molecular weight is 505 g/mol. The summed E-state index contributed by atoms with van der Waals surface area (Å²) in [5.74, 6) is 3.01. The van der Waals surface area contributed by atoms with Crippen LogP contribution in [0.5, 0.6) is 0 Å². The van der Waals surface area contributed by atoms with Gasteiger partial charge in [0.25, 0.3) is 0 Å². The minimum atomic E-state index is 0.706. The first-order valence-electron chi connectivity index (χ1n) is 17.1. The summed E-state index contributed by atoms with van der Waals surface area (Å²) in [6, 6.07) is 0. The van der Waals surface area contributed by atoms with Crippen LogP contribution in [-0.2, 0) is 4.74 Å². The van der Waals surface area contributed by atoms with E-state index in [-0.39, 0.29) is 0 Å². The fourth-order valence-electron chi connectivity index (χ4n) is 6.23. The Labute approximate surface area is 229 Å². The van der Waals surface area contributed by atoms with Gasteiger partial charge < -0.3 is 4.74 Å².